The second-order valence-electron chi connectivity index (χ2n) is 3.57. The Labute approximate surface area is 84.3 Å². The van der Waals surface area contributed by atoms with Crippen LogP contribution in [0.25, 0.3) is 0 Å². The fraction of sp³-hybridized carbons (Fsp3) is 0.455. The normalized spacial score (nSPS) is 12.9. The molecule has 0 bridgehead atoms. The molecule has 0 aliphatic heterocycles. The van der Waals surface area contributed by atoms with Gasteiger partial charge in [0, 0.05) is 24.7 Å². The van der Waals surface area contributed by atoms with Crippen molar-refractivity contribution in [2.24, 2.45) is 5.73 Å². The Morgan fingerprint density at radius 2 is 2.21 bits per heavy atom. The maximum Gasteiger partial charge on any atom is 0.130 e. The maximum absolute atomic E-state index is 13.5. The standard InChI is InChI=1S/C11H17FN2/c1-8-4-3-5-10(11(8)12)7-14-9(2)6-13/h3-5,9,14H,6-7,13H2,1-2H3/t9-/m0/s1. The number of nitrogens with one attached hydrogen (secondary N) is 1. The van der Waals surface area contributed by atoms with E-state index in [4.69, 9.17) is 5.73 Å². The molecule has 14 heavy (non-hydrogen) atoms. The van der Waals surface area contributed by atoms with Crippen molar-refractivity contribution in [3.63, 3.8) is 0 Å². The maximum atomic E-state index is 13.5. The average Bonchev–Trinajstić information content (AvgIpc) is 2.20. The van der Waals surface area contributed by atoms with E-state index in [1.165, 1.54) is 0 Å². The second kappa shape index (κ2) is 5.08. The summed E-state index contributed by atoms with van der Waals surface area (Å²) in [6.07, 6.45) is 0. The van der Waals surface area contributed by atoms with Crippen molar-refractivity contribution in [2.75, 3.05) is 6.54 Å². The second-order valence-corrected chi connectivity index (χ2v) is 3.57. The highest BCUT2D eigenvalue weighted by Gasteiger charge is 2.05. The van der Waals surface area contributed by atoms with Gasteiger partial charge in [0.2, 0.25) is 0 Å². The molecule has 0 aromatic heterocycles. The van der Waals surface area contributed by atoms with E-state index in [9.17, 15) is 4.39 Å². The molecule has 0 radical (unpaired) electrons. The van der Waals surface area contributed by atoms with Gasteiger partial charge < -0.3 is 11.1 Å². The zero-order valence-corrected chi connectivity index (χ0v) is 8.68. The van der Waals surface area contributed by atoms with Crippen LogP contribution in [0.3, 0.4) is 0 Å². The van der Waals surface area contributed by atoms with Gasteiger partial charge in [-0.05, 0) is 19.4 Å². The Balaban J connectivity index is 2.63. The summed E-state index contributed by atoms with van der Waals surface area (Å²) in [7, 11) is 0. The summed E-state index contributed by atoms with van der Waals surface area (Å²) in [4.78, 5) is 0. The Hall–Kier alpha value is -0.930. The van der Waals surface area contributed by atoms with Crippen LogP contribution in [0, 0.1) is 12.7 Å². The van der Waals surface area contributed by atoms with Gasteiger partial charge in [-0.25, -0.2) is 4.39 Å². The van der Waals surface area contributed by atoms with Crippen molar-refractivity contribution in [2.45, 2.75) is 26.4 Å². The lowest BCUT2D eigenvalue weighted by Gasteiger charge is -2.12. The molecule has 1 atom stereocenters. The zero-order valence-electron chi connectivity index (χ0n) is 8.68. The Kier molecular flexibility index (Phi) is 4.04. The third kappa shape index (κ3) is 2.79. The van der Waals surface area contributed by atoms with Gasteiger partial charge in [0.15, 0.2) is 0 Å². The van der Waals surface area contributed by atoms with Crippen molar-refractivity contribution < 1.29 is 4.39 Å². The molecular formula is C11H17FN2. The van der Waals surface area contributed by atoms with Crippen LogP contribution < -0.4 is 11.1 Å². The topological polar surface area (TPSA) is 38.0 Å². The number of rotatable bonds is 4. The van der Waals surface area contributed by atoms with Crippen molar-refractivity contribution in [3.05, 3.63) is 35.1 Å². The molecule has 1 aromatic carbocycles. The SMILES string of the molecule is Cc1cccc(CN[C@@H](C)CN)c1F. The minimum atomic E-state index is -0.121. The first-order valence-electron chi connectivity index (χ1n) is 4.82. The van der Waals surface area contributed by atoms with Gasteiger partial charge in [0.05, 0.1) is 0 Å². The summed E-state index contributed by atoms with van der Waals surface area (Å²) in [6.45, 7) is 4.85. The summed E-state index contributed by atoms with van der Waals surface area (Å²) >= 11 is 0. The fourth-order valence-corrected chi connectivity index (χ4v) is 1.21. The molecule has 0 aliphatic carbocycles. The molecule has 0 spiro atoms. The van der Waals surface area contributed by atoms with Crippen LogP contribution in [0.15, 0.2) is 18.2 Å². The highest BCUT2D eigenvalue weighted by Crippen LogP contribution is 2.11. The van der Waals surface area contributed by atoms with Crippen LogP contribution in [-0.4, -0.2) is 12.6 Å². The molecule has 0 amide bonds. The van der Waals surface area contributed by atoms with E-state index in [-0.39, 0.29) is 11.9 Å². The van der Waals surface area contributed by atoms with E-state index in [2.05, 4.69) is 5.32 Å². The van der Waals surface area contributed by atoms with Crippen LogP contribution in [0.1, 0.15) is 18.1 Å². The number of benzene rings is 1. The number of hydrogen-bond acceptors (Lipinski definition) is 2. The molecule has 2 nitrogen and oxygen atoms in total. The van der Waals surface area contributed by atoms with Crippen LogP contribution in [0.5, 0.6) is 0 Å². The molecule has 3 heteroatoms. The van der Waals surface area contributed by atoms with Crippen LogP contribution in [0.4, 0.5) is 4.39 Å². The minimum Gasteiger partial charge on any atom is -0.329 e. The van der Waals surface area contributed by atoms with Crippen LogP contribution in [0.2, 0.25) is 0 Å². The molecule has 0 unspecified atom stereocenters. The zero-order chi connectivity index (χ0) is 10.6. The van der Waals surface area contributed by atoms with Gasteiger partial charge >= 0.3 is 0 Å². The molecule has 1 aromatic rings. The Bertz CT molecular complexity index is 299. The summed E-state index contributed by atoms with van der Waals surface area (Å²) < 4.78 is 13.5. The molecule has 78 valence electrons. The monoisotopic (exact) mass is 196 g/mol. The summed E-state index contributed by atoms with van der Waals surface area (Å²) in [5.74, 6) is -0.121. The lowest BCUT2D eigenvalue weighted by Crippen LogP contribution is -2.32. The first-order chi connectivity index (χ1) is 6.65. The Morgan fingerprint density at radius 1 is 1.50 bits per heavy atom. The van der Waals surface area contributed by atoms with E-state index in [1.54, 1.807) is 19.1 Å². The third-order valence-corrected chi connectivity index (χ3v) is 2.27. The van der Waals surface area contributed by atoms with E-state index >= 15 is 0 Å². The van der Waals surface area contributed by atoms with Gasteiger partial charge in [-0.2, -0.15) is 0 Å². The smallest absolute Gasteiger partial charge is 0.130 e. The number of hydrogen-bond donors (Lipinski definition) is 2. The fourth-order valence-electron chi connectivity index (χ4n) is 1.21. The highest BCUT2D eigenvalue weighted by molar-refractivity contribution is 5.24. The van der Waals surface area contributed by atoms with Crippen molar-refractivity contribution in [1.29, 1.82) is 0 Å². The van der Waals surface area contributed by atoms with E-state index in [0.29, 0.717) is 24.2 Å². The number of halogens is 1. The van der Waals surface area contributed by atoms with Gasteiger partial charge in [-0.3, -0.25) is 0 Å². The van der Waals surface area contributed by atoms with E-state index in [0.717, 1.165) is 0 Å². The quantitative estimate of drug-likeness (QED) is 0.767. The summed E-state index contributed by atoms with van der Waals surface area (Å²) in [5.41, 5.74) is 6.83. The van der Waals surface area contributed by atoms with Gasteiger partial charge in [0.1, 0.15) is 5.82 Å². The average molecular weight is 196 g/mol. The molecule has 0 saturated carbocycles. The molecule has 0 saturated heterocycles. The lowest BCUT2D eigenvalue weighted by molar-refractivity contribution is 0.531. The Morgan fingerprint density at radius 3 is 2.86 bits per heavy atom. The van der Waals surface area contributed by atoms with Crippen LogP contribution >= 0.6 is 0 Å². The summed E-state index contributed by atoms with van der Waals surface area (Å²) in [6, 6.07) is 5.64. The number of aryl methyl sites for hydroxylation is 1. The first-order valence-corrected chi connectivity index (χ1v) is 4.82. The van der Waals surface area contributed by atoms with Gasteiger partial charge in [-0.1, -0.05) is 18.2 Å². The van der Waals surface area contributed by atoms with E-state index in [1.807, 2.05) is 13.0 Å². The van der Waals surface area contributed by atoms with Gasteiger partial charge in [-0.15, -0.1) is 0 Å². The molecule has 0 fully saturated rings. The van der Waals surface area contributed by atoms with Crippen LogP contribution in [-0.2, 0) is 6.54 Å². The predicted molar refractivity (Wildman–Crippen MR) is 56.5 cm³/mol. The molecule has 0 aliphatic rings. The lowest BCUT2D eigenvalue weighted by atomic mass is 10.1. The largest absolute Gasteiger partial charge is 0.329 e. The highest BCUT2D eigenvalue weighted by atomic mass is 19.1. The molecule has 0 heterocycles. The molecule has 3 N–H and O–H groups in total. The number of nitrogens with two attached hydrogens (primary N) is 1. The third-order valence-electron chi connectivity index (χ3n) is 2.27. The van der Waals surface area contributed by atoms with Gasteiger partial charge in [0.25, 0.3) is 0 Å². The van der Waals surface area contributed by atoms with Crippen molar-refractivity contribution in [1.82, 2.24) is 5.32 Å². The van der Waals surface area contributed by atoms with Crippen molar-refractivity contribution >= 4 is 0 Å². The predicted octanol–water partition coefficient (Wildman–Crippen LogP) is 1.57. The first kappa shape index (κ1) is 11.1. The van der Waals surface area contributed by atoms with E-state index < -0.39 is 0 Å². The summed E-state index contributed by atoms with van der Waals surface area (Å²) in [5, 5.41) is 3.15. The molecular weight excluding hydrogens is 179 g/mol. The minimum absolute atomic E-state index is 0.121. The molecule has 1 rings (SSSR count). The van der Waals surface area contributed by atoms with Crippen molar-refractivity contribution in [3.8, 4) is 0 Å².